The third-order valence-corrected chi connectivity index (χ3v) is 6.97. The van der Waals surface area contributed by atoms with E-state index in [1.165, 1.54) is 29.1 Å². The van der Waals surface area contributed by atoms with E-state index in [1.807, 2.05) is 13.8 Å². The Morgan fingerprint density at radius 1 is 1.18 bits per heavy atom. The highest BCUT2D eigenvalue weighted by molar-refractivity contribution is 7.88. The number of sulfonamides is 1. The maximum Gasteiger partial charge on any atom is 0.257 e. The molecule has 3 aromatic rings. The van der Waals surface area contributed by atoms with Crippen LogP contribution in [0.25, 0.3) is 11.1 Å². The number of nitrogens with one attached hydrogen (secondary N) is 1. The second-order valence-corrected chi connectivity index (χ2v) is 10.8. The predicted octanol–water partition coefficient (Wildman–Crippen LogP) is 3.96. The molecule has 1 N–H and O–H groups in total. The number of aromatic nitrogens is 2. The molecule has 1 heterocycles. The van der Waals surface area contributed by atoms with Gasteiger partial charge in [0.05, 0.1) is 18.3 Å². The van der Waals surface area contributed by atoms with Crippen molar-refractivity contribution < 1.29 is 17.2 Å². The highest BCUT2D eigenvalue weighted by atomic mass is 32.2. The van der Waals surface area contributed by atoms with Crippen LogP contribution in [0.4, 0.5) is 8.78 Å². The van der Waals surface area contributed by atoms with Gasteiger partial charge in [0.1, 0.15) is 11.6 Å². The summed E-state index contributed by atoms with van der Waals surface area (Å²) in [6.45, 7) is 3.73. The maximum absolute atomic E-state index is 15.6. The van der Waals surface area contributed by atoms with Crippen LogP contribution in [0.5, 0.6) is 0 Å². The molecule has 1 aliphatic rings. The fourth-order valence-corrected chi connectivity index (χ4v) is 5.50. The van der Waals surface area contributed by atoms with Gasteiger partial charge in [0.25, 0.3) is 5.56 Å². The van der Waals surface area contributed by atoms with Crippen LogP contribution in [0.15, 0.2) is 53.6 Å². The second kappa shape index (κ2) is 9.38. The molecular weight excluding hydrogens is 460 g/mol. The fourth-order valence-electron chi connectivity index (χ4n) is 4.66. The minimum absolute atomic E-state index is 0.0915. The highest BCUT2D eigenvalue weighted by Gasteiger charge is 2.36. The third-order valence-electron chi connectivity index (χ3n) is 6.24. The number of benzene rings is 2. The number of hydrogen-bond acceptors (Lipinski definition) is 4. The van der Waals surface area contributed by atoms with E-state index in [-0.39, 0.29) is 23.6 Å². The van der Waals surface area contributed by atoms with Gasteiger partial charge in [-0.2, -0.15) is 0 Å². The van der Waals surface area contributed by atoms with Crippen molar-refractivity contribution in [3.05, 3.63) is 87.6 Å². The average molecular weight is 488 g/mol. The number of rotatable bonds is 6. The summed E-state index contributed by atoms with van der Waals surface area (Å²) in [5, 5.41) is 0. The van der Waals surface area contributed by atoms with Crippen LogP contribution in [-0.4, -0.2) is 30.3 Å². The number of aryl methyl sites for hydroxylation is 1. The lowest BCUT2D eigenvalue weighted by Crippen LogP contribution is -2.45. The van der Waals surface area contributed by atoms with Crippen LogP contribution >= 0.6 is 0 Å². The van der Waals surface area contributed by atoms with Gasteiger partial charge in [-0.15, -0.1) is 0 Å². The molecule has 4 rings (SSSR count). The molecule has 1 aliphatic carbocycles. The quantitative estimate of drug-likeness (QED) is 0.571. The molecule has 2 atom stereocenters. The van der Waals surface area contributed by atoms with Crippen molar-refractivity contribution in [2.75, 3.05) is 6.26 Å². The molecule has 9 heteroatoms. The van der Waals surface area contributed by atoms with Crippen molar-refractivity contribution in [1.29, 1.82) is 0 Å². The molecule has 180 valence electrons. The summed E-state index contributed by atoms with van der Waals surface area (Å²) in [6, 6.07) is 9.83. The molecule has 0 bridgehead atoms. The van der Waals surface area contributed by atoms with E-state index in [4.69, 9.17) is 0 Å². The summed E-state index contributed by atoms with van der Waals surface area (Å²) in [5.41, 5.74) is 1.75. The lowest BCUT2D eigenvalue weighted by Gasteiger charge is -2.33. The van der Waals surface area contributed by atoms with Gasteiger partial charge in [0, 0.05) is 29.1 Å². The molecule has 0 radical (unpaired) electrons. The Hall–Kier alpha value is -2.91. The van der Waals surface area contributed by atoms with E-state index < -0.39 is 33.6 Å². The van der Waals surface area contributed by atoms with Crippen molar-refractivity contribution in [2.24, 2.45) is 0 Å². The normalized spacial score (nSPS) is 18.2. The molecule has 0 amide bonds. The first-order valence-corrected chi connectivity index (χ1v) is 13.0. The van der Waals surface area contributed by atoms with Gasteiger partial charge in [-0.05, 0) is 56.4 Å². The topological polar surface area (TPSA) is 81.1 Å². The third kappa shape index (κ3) is 4.95. The van der Waals surface area contributed by atoms with E-state index >= 15 is 4.39 Å². The first-order chi connectivity index (χ1) is 16.0. The molecule has 0 spiro atoms. The van der Waals surface area contributed by atoms with Crippen molar-refractivity contribution in [3.8, 4) is 11.1 Å². The summed E-state index contributed by atoms with van der Waals surface area (Å²) in [7, 11) is -3.57. The Labute approximate surface area is 197 Å². The van der Waals surface area contributed by atoms with Crippen molar-refractivity contribution in [1.82, 2.24) is 14.3 Å². The standard InChI is InChI=1S/C25H27F2N3O3S/c1-15(2)30-14-28-22-11-10-21(29-34(3,32)33)20(23(22)25(30)31)13-17-7-5-9-19(24(17)27)16-6-4-8-18(26)12-16/h4-9,12,14-15,20-21,29H,10-11,13H2,1-3H3/t20-,21-/m0/s1. The molecule has 34 heavy (non-hydrogen) atoms. The molecule has 6 nitrogen and oxygen atoms in total. The minimum Gasteiger partial charge on any atom is -0.296 e. The van der Waals surface area contributed by atoms with E-state index in [0.29, 0.717) is 35.2 Å². The van der Waals surface area contributed by atoms with Crippen molar-refractivity contribution in [2.45, 2.75) is 51.1 Å². The summed E-state index contributed by atoms with van der Waals surface area (Å²) in [4.78, 5) is 17.9. The van der Waals surface area contributed by atoms with Crippen molar-refractivity contribution in [3.63, 3.8) is 0 Å². The lowest BCUT2D eigenvalue weighted by atomic mass is 9.78. The Kier molecular flexibility index (Phi) is 6.69. The largest absolute Gasteiger partial charge is 0.296 e. The van der Waals surface area contributed by atoms with Crippen molar-refractivity contribution >= 4 is 10.0 Å². The summed E-state index contributed by atoms with van der Waals surface area (Å²) < 4.78 is 57.7. The van der Waals surface area contributed by atoms with Gasteiger partial charge in [-0.1, -0.05) is 30.3 Å². The van der Waals surface area contributed by atoms with Crippen LogP contribution in [-0.2, 0) is 22.9 Å². The Morgan fingerprint density at radius 2 is 1.91 bits per heavy atom. The Morgan fingerprint density at radius 3 is 2.59 bits per heavy atom. The molecule has 0 aliphatic heterocycles. The van der Waals surface area contributed by atoms with Crippen LogP contribution in [0, 0.1) is 11.6 Å². The van der Waals surface area contributed by atoms with E-state index in [1.54, 1.807) is 24.3 Å². The monoisotopic (exact) mass is 487 g/mol. The zero-order chi connectivity index (χ0) is 24.6. The first kappa shape index (κ1) is 24.2. The number of hydrogen-bond donors (Lipinski definition) is 1. The number of fused-ring (bicyclic) bond motifs is 1. The summed E-state index contributed by atoms with van der Waals surface area (Å²) >= 11 is 0. The van der Waals surface area contributed by atoms with Crippen LogP contribution < -0.4 is 10.3 Å². The molecule has 0 fully saturated rings. The SMILES string of the molecule is CC(C)n1cnc2c(c1=O)[C@@H](Cc1cccc(-c3cccc(F)c3)c1F)[C@@H](NS(C)(=O)=O)CC2. The van der Waals surface area contributed by atoms with Gasteiger partial charge >= 0.3 is 0 Å². The van der Waals surface area contributed by atoms with Gasteiger partial charge in [-0.3, -0.25) is 9.36 Å². The van der Waals surface area contributed by atoms with Crippen LogP contribution in [0.2, 0.25) is 0 Å². The van der Waals surface area contributed by atoms with Crippen LogP contribution in [0.3, 0.4) is 0 Å². The van der Waals surface area contributed by atoms with Gasteiger partial charge in [0.15, 0.2) is 0 Å². The summed E-state index contributed by atoms with van der Waals surface area (Å²) in [5.74, 6) is -1.60. The average Bonchev–Trinajstić information content (AvgIpc) is 2.75. The fraction of sp³-hybridized carbons (Fsp3) is 0.360. The lowest BCUT2D eigenvalue weighted by molar-refractivity contribution is 0.409. The molecule has 0 saturated heterocycles. The Bertz CT molecular complexity index is 1390. The molecule has 2 aromatic carbocycles. The second-order valence-electron chi connectivity index (χ2n) is 9.05. The zero-order valence-corrected chi connectivity index (χ0v) is 20.1. The smallest absolute Gasteiger partial charge is 0.257 e. The predicted molar refractivity (Wildman–Crippen MR) is 127 cm³/mol. The minimum atomic E-state index is -3.57. The first-order valence-electron chi connectivity index (χ1n) is 11.2. The van der Waals surface area contributed by atoms with E-state index in [2.05, 4.69) is 9.71 Å². The van der Waals surface area contributed by atoms with E-state index in [0.717, 1.165) is 6.26 Å². The molecule has 1 aromatic heterocycles. The van der Waals surface area contributed by atoms with E-state index in [9.17, 15) is 17.6 Å². The van der Waals surface area contributed by atoms with Gasteiger partial charge in [0.2, 0.25) is 10.0 Å². The molecule has 0 unspecified atom stereocenters. The summed E-state index contributed by atoms with van der Waals surface area (Å²) in [6.07, 6.45) is 3.56. The van der Waals surface area contributed by atoms with Crippen LogP contribution in [0.1, 0.15) is 49.0 Å². The molecular formula is C25H27F2N3O3S. The van der Waals surface area contributed by atoms with Gasteiger partial charge < -0.3 is 0 Å². The van der Waals surface area contributed by atoms with Gasteiger partial charge in [-0.25, -0.2) is 26.9 Å². The zero-order valence-electron chi connectivity index (χ0n) is 19.3. The number of halogens is 2. The molecule has 0 saturated carbocycles. The maximum atomic E-state index is 15.6. The highest BCUT2D eigenvalue weighted by Crippen LogP contribution is 2.34. The Balaban J connectivity index is 1.82. The number of nitrogens with zero attached hydrogens (tertiary/aromatic N) is 2.